The smallest absolute Gasteiger partial charge is 0.000833 e. The van der Waals surface area contributed by atoms with Crippen molar-refractivity contribution in [1.82, 2.24) is 0 Å². The first kappa shape index (κ1) is 11.8. The molecule has 0 aliphatic rings. The lowest BCUT2D eigenvalue weighted by Gasteiger charge is -1.91. The molecule has 0 fully saturated rings. The van der Waals surface area contributed by atoms with Crippen LogP contribution in [-0.4, -0.2) is 0 Å². The maximum absolute atomic E-state index is 5.49. The zero-order chi connectivity index (χ0) is 9.94. The van der Waals surface area contributed by atoms with E-state index >= 15 is 0 Å². The third-order valence-corrected chi connectivity index (χ3v) is 1.54. The van der Waals surface area contributed by atoms with Gasteiger partial charge in [-0.1, -0.05) is 43.0 Å². The minimum absolute atomic E-state index is 0.913. The molecule has 0 spiro atoms. The number of rotatable bonds is 6. The zero-order valence-corrected chi connectivity index (χ0v) is 8.37. The Morgan fingerprint density at radius 2 is 2.00 bits per heavy atom. The van der Waals surface area contributed by atoms with Gasteiger partial charge in [0.2, 0.25) is 0 Å². The second-order valence-electron chi connectivity index (χ2n) is 2.93. The number of unbranched alkanes of at least 4 members (excludes halogenated alkanes) is 2. The fourth-order valence-corrected chi connectivity index (χ4v) is 0.883. The normalized spacial score (nSPS) is 12.8. The molecule has 0 aromatic heterocycles. The molecule has 0 aliphatic carbocycles. The second kappa shape index (κ2) is 8.85. The average Bonchev–Trinajstić information content (AvgIpc) is 2.09. The van der Waals surface area contributed by atoms with Crippen LogP contribution in [0.4, 0.5) is 0 Å². The van der Waals surface area contributed by atoms with Gasteiger partial charge in [0.15, 0.2) is 0 Å². The van der Waals surface area contributed by atoms with Gasteiger partial charge < -0.3 is 5.73 Å². The van der Waals surface area contributed by atoms with Gasteiger partial charge in [-0.3, -0.25) is 0 Å². The van der Waals surface area contributed by atoms with E-state index < -0.39 is 0 Å². The van der Waals surface area contributed by atoms with Crippen molar-refractivity contribution in [1.29, 1.82) is 0 Å². The van der Waals surface area contributed by atoms with Gasteiger partial charge in [0.1, 0.15) is 0 Å². The molecule has 0 rings (SSSR count). The summed E-state index contributed by atoms with van der Waals surface area (Å²) >= 11 is 0. The quantitative estimate of drug-likeness (QED) is 0.489. The first-order valence-corrected chi connectivity index (χ1v) is 4.64. The summed E-state index contributed by atoms with van der Waals surface area (Å²) in [6, 6.07) is 0. The van der Waals surface area contributed by atoms with Crippen LogP contribution in [0.1, 0.15) is 26.2 Å². The van der Waals surface area contributed by atoms with E-state index in [2.05, 4.69) is 18.7 Å². The molecule has 72 valence electrons. The Hall–Kier alpha value is -1.24. The third kappa shape index (κ3) is 10.8. The van der Waals surface area contributed by atoms with Crippen LogP contribution in [0.2, 0.25) is 0 Å². The van der Waals surface area contributed by atoms with Crippen molar-refractivity contribution in [3.63, 3.8) is 0 Å². The summed E-state index contributed by atoms with van der Waals surface area (Å²) in [5.41, 5.74) is 6.41. The number of hydrogen-bond donors (Lipinski definition) is 1. The molecule has 0 heterocycles. The Labute approximate surface area is 81.3 Å². The van der Waals surface area contributed by atoms with Gasteiger partial charge in [-0.15, -0.1) is 0 Å². The van der Waals surface area contributed by atoms with Crippen molar-refractivity contribution in [2.45, 2.75) is 26.2 Å². The number of allylic oxidation sites excluding steroid dienone is 7. The van der Waals surface area contributed by atoms with Gasteiger partial charge in [0.05, 0.1) is 0 Å². The molecule has 13 heavy (non-hydrogen) atoms. The lowest BCUT2D eigenvalue weighted by molar-refractivity contribution is 0.861. The van der Waals surface area contributed by atoms with E-state index in [1.54, 1.807) is 6.08 Å². The Morgan fingerprint density at radius 3 is 2.62 bits per heavy atom. The van der Waals surface area contributed by atoms with Gasteiger partial charge in [-0.05, 0) is 26.2 Å². The van der Waals surface area contributed by atoms with Gasteiger partial charge >= 0.3 is 0 Å². The molecule has 0 saturated heterocycles. The lowest BCUT2D eigenvalue weighted by atomic mass is 10.2. The van der Waals surface area contributed by atoms with Gasteiger partial charge in [0.25, 0.3) is 0 Å². The Morgan fingerprint density at radius 1 is 1.23 bits per heavy atom. The SMILES string of the molecule is C=C/C=C/C=C/CCC/C=C(/C)N. The fourth-order valence-electron chi connectivity index (χ4n) is 0.883. The Balaban J connectivity index is 3.35. The van der Waals surface area contributed by atoms with Crippen molar-refractivity contribution in [3.05, 3.63) is 48.7 Å². The van der Waals surface area contributed by atoms with Crippen LogP contribution >= 0.6 is 0 Å². The topological polar surface area (TPSA) is 26.0 Å². The standard InChI is InChI=1S/C12H19N/c1-3-4-5-6-7-8-9-10-11-12(2)13/h3-7,11H,1,8-10,13H2,2H3/b5-4+,7-6+,12-11-. The predicted molar refractivity (Wildman–Crippen MR) is 60.3 cm³/mol. The summed E-state index contributed by atoms with van der Waals surface area (Å²) in [5.74, 6) is 0. The van der Waals surface area contributed by atoms with Crippen LogP contribution in [-0.2, 0) is 0 Å². The van der Waals surface area contributed by atoms with E-state index in [0.29, 0.717) is 0 Å². The van der Waals surface area contributed by atoms with Crippen molar-refractivity contribution in [3.8, 4) is 0 Å². The molecule has 0 aromatic carbocycles. The Bertz CT molecular complexity index is 205. The van der Waals surface area contributed by atoms with Crippen LogP contribution in [0, 0.1) is 0 Å². The first-order chi connectivity index (χ1) is 6.27. The van der Waals surface area contributed by atoms with E-state index in [-0.39, 0.29) is 0 Å². The first-order valence-electron chi connectivity index (χ1n) is 4.64. The van der Waals surface area contributed by atoms with E-state index in [0.717, 1.165) is 25.0 Å². The monoisotopic (exact) mass is 177 g/mol. The number of hydrogen-bond acceptors (Lipinski definition) is 1. The third-order valence-electron chi connectivity index (χ3n) is 1.54. The average molecular weight is 177 g/mol. The van der Waals surface area contributed by atoms with Crippen LogP contribution in [0.15, 0.2) is 48.7 Å². The summed E-state index contributed by atoms with van der Waals surface area (Å²) in [7, 11) is 0. The summed E-state index contributed by atoms with van der Waals surface area (Å²) in [4.78, 5) is 0. The van der Waals surface area contributed by atoms with Crippen LogP contribution in [0.5, 0.6) is 0 Å². The highest BCUT2D eigenvalue weighted by Gasteiger charge is 1.81. The molecule has 1 heteroatoms. The van der Waals surface area contributed by atoms with E-state index in [1.165, 1.54) is 0 Å². The second-order valence-corrected chi connectivity index (χ2v) is 2.93. The summed E-state index contributed by atoms with van der Waals surface area (Å²) in [6.07, 6.45) is 15.3. The summed E-state index contributed by atoms with van der Waals surface area (Å²) in [6.45, 7) is 5.50. The molecule has 0 amide bonds. The maximum Gasteiger partial charge on any atom is 0.000833 e. The highest BCUT2D eigenvalue weighted by atomic mass is 14.5. The van der Waals surface area contributed by atoms with Crippen molar-refractivity contribution < 1.29 is 0 Å². The zero-order valence-electron chi connectivity index (χ0n) is 8.37. The minimum atomic E-state index is 0.913. The number of nitrogens with two attached hydrogens (primary N) is 1. The highest BCUT2D eigenvalue weighted by Crippen LogP contribution is 1.99. The largest absolute Gasteiger partial charge is 0.403 e. The Kier molecular flexibility index (Phi) is 8.01. The predicted octanol–water partition coefficient (Wildman–Crippen LogP) is 3.32. The maximum atomic E-state index is 5.49. The molecular formula is C12H19N. The molecule has 2 N–H and O–H groups in total. The molecule has 0 saturated carbocycles. The van der Waals surface area contributed by atoms with Crippen molar-refractivity contribution in [2.24, 2.45) is 5.73 Å². The molecule has 0 radical (unpaired) electrons. The van der Waals surface area contributed by atoms with Crippen LogP contribution in [0.3, 0.4) is 0 Å². The van der Waals surface area contributed by atoms with Crippen molar-refractivity contribution >= 4 is 0 Å². The molecule has 0 aliphatic heterocycles. The van der Waals surface area contributed by atoms with Gasteiger partial charge in [0, 0.05) is 5.70 Å². The summed E-state index contributed by atoms with van der Waals surface area (Å²) < 4.78 is 0. The molecular weight excluding hydrogens is 158 g/mol. The molecule has 0 atom stereocenters. The highest BCUT2D eigenvalue weighted by molar-refractivity contribution is 5.08. The fraction of sp³-hybridized carbons (Fsp3) is 0.333. The van der Waals surface area contributed by atoms with Gasteiger partial charge in [-0.2, -0.15) is 0 Å². The van der Waals surface area contributed by atoms with Crippen molar-refractivity contribution in [2.75, 3.05) is 0 Å². The molecule has 0 aromatic rings. The molecule has 0 bridgehead atoms. The lowest BCUT2D eigenvalue weighted by Crippen LogP contribution is -1.89. The van der Waals surface area contributed by atoms with Gasteiger partial charge in [-0.25, -0.2) is 0 Å². The molecule has 1 nitrogen and oxygen atoms in total. The molecule has 0 unspecified atom stereocenters. The van der Waals surface area contributed by atoms with E-state index in [4.69, 9.17) is 5.73 Å². The van der Waals surface area contributed by atoms with E-state index in [1.807, 2.05) is 25.2 Å². The van der Waals surface area contributed by atoms with E-state index in [9.17, 15) is 0 Å². The summed E-state index contributed by atoms with van der Waals surface area (Å²) in [5, 5.41) is 0. The van der Waals surface area contributed by atoms with Crippen LogP contribution in [0.25, 0.3) is 0 Å². The van der Waals surface area contributed by atoms with Crippen LogP contribution < -0.4 is 5.73 Å². The minimum Gasteiger partial charge on any atom is -0.403 e.